The summed E-state index contributed by atoms with van der Waals surface area (Å²) in [6.45, 7) is 15.5. The van der Waals surface area contributed by atoms with Crippen molar-refractivity contribution in [2.24, 2.45) is 11.8 Å². The second-order valence-corrected chi connectivity index (χ2v) is 6.57. The van der Waals surface area contributed by atoms with E-state index in [2.05, 4.69) is 57.7 Å². The summed E-state index contributed by atoms with van der Waals surface area (Å²) in [4.78, 5) is 2.56. The molecular weight excluding hydrogens is 246 g/mol. The lowest BCUT2D eigenvalue weighted by Gasteiger charge is -2.26. The zero-order valence-electron chi connectivity index (χ0n) is 13.9. The van der Waals surface area contributed by atoms with Crippen molar-refractivity contribution in [3.05, 3.63) is 29.8 Å². The van der Waals surface area contributed by atoms with Crippen LogP contribution in [0.4, 0.5) is 0 Å². The average molecular weight is 277 g/mol. The van der Waals surface area contributed by atoms with Crippen molar-refractivity contribution in [1.29, 1.82) is 0 Å². The number of aryl methyl sites for hydroxylation is 1. The van der Waals surface area contributed by atoms with E-state index < -0.39 is 0 Å². The highest BCUT2D eigenvalue weighted by Crippen LogP contribution is 2.12. The zero-order valence-corrected chi connectivity index (χ0v) is 13.9. The van der Waals surface area contributed by atoms with Crippen molar-refractivity contribution in [2.45, 2.75) is 41.0 Å². The van der Waals surface area contributed by atoms with Crippen LogP contribution in [-0.2, 0) is 0 Å². The predicted octanol–water partition coefficient (Wildman–Crippen LogP) is 4.38. The quantitative estimate of drug-likeness (QED) is 0.621. The number of hydrogen-bond donors (Lipinski definition) is 0. The van der Waals surface area contributed by atoms with Gasteiger partial charge in [-0.15, -0.1) is 0 Å². The molecule has 0 unspecified atom stereocenters. The summed E-state index contributed by atoms with van der Waals surface area (Å²) in [5, 5.41) is 0. The van der Waals surface area contributed by atoms with Crippen molar-refractivity contribution < 1.29 is 4.74 Å². The molecule has 0 aromatic heterocycles. The van der Waals surface area contributed by atoms with Crippen LogP contribution in [0.25, 0.3) is 0 Å². The second-order valence-electron chi connectivity index (χ2n) is 6.57. The number of rotatable bonds is 9. The lowest BCUT2D eigenvalue weighted by atomic mass is 10.1. The van der Waals surface area contributed by atoms with Crippen LogP contribution in [0.15, 0.2) is 24.3 Å². The third kappa shape index (κ3) is 7.54. The molecule has 1 aromatic carbocycles. The molecule has 0 N–H and O–H groups in total. The van der Waals surface area contributed by atoms with Gasteiger partial charge in [0.1, 0.15) is 5.75 Å². The molecule has 2 heteroatoms. The number of hydrogen-bond acceptors (Lipinski definition) is 2. The van der Waals surface area contributed by atoms with Gasteiger partial charge in [-0.2, -0.15) is 0 Å². The van der Waals surface area contributed by atoms with Crippen LogP contribution >= 0.6 is 0 Å². The molecule has 114 valence electrons. The standard InChI is InChI=1S/C18H31NO/c1-15(2)13-19(14-16(3)4)10-7-11-20-18-9-6-8-17(5)12-18/h6,8-9,12,15-16H,7,10-11,13-14H2,1-5H3. The van der Waals surface area contributed by atoms with Gasteiger partial charge >= 0.3 is 0 Å². The van der Waals surface area contributed by atoms with Gasteiger partial charge in [-0.1, -0.05) is 39.8 Å². The van der Waals surface area contributed by atoms with E-state index in [0.717, 1.165) is 37.2 Å². The first-order valence-corrected chi connectivity index (χ1v) is 7.89. The van der Waals surface area contributed by atoms with Gasteiger partial charge in [-0.05, 0) is 42.9 Å². The highest BCUT2D eigenvalue weighted by Gasteiger charge is 2.09. The lowest BCUT2D eigenvalue weighted by Crippen LogP contribution is -2.33. The minimum Gasteiger partial charge on any atom is -0.494 e. The van der Waals surface area contributed by atoms with Crippen LogP contribution in [0.2, 0.25) is 0 Å². The fourth-order valence-electron chi connectivity index (χ4n) is 2.47. The minimum atomic E-state index is 0.728. The van der Waals surface area contributed by atoms with Gasteiger partial charge in [0.15, 0.2) is 0 Å². The molecule has 0 heterocycles. The van der Waals surface area contributed by atoms with E-state index in [1.165, 1.54) is 18.7 Å². The third-order valence-corrected chi connectivity index (χ3v) is 3.12. The largest absolute Gasteiger partial charge is 0.494 e. The molecule has 1 aromatic rings. The van der Waals surface area contributed by atoms with E-state index in [1.54, 1.807) is 0 Å². The van der Waals surface area contributed by atoms with Gasteiger partial charge < -0.3 is 9.64 Å². The smallest absolute Gasteiger partial charge is 0.119 e. The molecule has 0 saturated carbocycles. The molecular formula is C18H31NO. The maximum Gasteiger partial charge on any atom is 0.119 e. The van der Waals surface area contributed by atoms with Gasteiger partial charge in [0, 0.05) is 19.6 Å². The molecule has 0 aliphatic rings. The Bertz CT molecular complexity index is 363. The molecule has 0 spiro atoms. The maximum atomic E-state index is 5.82. The summed E-state index contributed by atoms with van der Waals surface area (Å²) in [5.41, 5.74) is 1.25. The molecule has 0 bridgehead atoms. The number of nitrogens with zero attached hydrogens (tertiary/aromatic N) is 1. The Labute approximate surface area is 125 Å². The second kappa shape index (κ2) is 9.02. The molecule has 20 heavy (non-hydrogen) atoms. The van der Waals surface area contributed by atoms with Gasteiger partial charge in [0.05, 0.1) is 6.61 Å². The molecule has 0 aliphatic carbocycles. The summed E-state index contributed by atoms with van der Waals surface area (Å²) in [7, 11) is 0. The zero-order chi connectivity index (χ0) is 15.0. The molecule has 0 atom stereocenters. The molecule has 0 aliphatic heterocycles. The van der Waals surface area contributed by atoms with Gasteiger partial charge in [-0.25, -0.2) is 0 Å². The molecule has 0 saturated heterocycles. The Kier molecular flexibility index (Phi) is 7.68. The van der Waals surface area contributed by atoms with E-state index in [1.807, 2.05) is 6.07 Å². The molecule has 2 nitrogen and oxygen atoms in total. The number of benzene rings is 1. The minimum absolute atomic E-state index is 0.728. The average Bonchev–Trinajstić information content (AvgIpc) is 2.33. The van der Waals surface area contributed by atoms with Crippen molar-refractivity contribution >= 4 is 0 Å². The summed E-state index contributed by atoms with van der Waals surface area (Å²) in [6.07, 6.45) is 1.09. The van der Waals surface area contributed by atoms with Crippen molar-refractivity contribution in [3.8, 4) is 5.75 Å². The first kappa shape index (κ1) is 17.0. The van der Waals surface area contributed by atoms with Crippen LogP contribution < -0.4 is 4.74 Å². The Balaban J connectivity index is 2.29. The predicted molar refractivity (Wildman–Crippen MR) is 87.4 cm³/mol. The van der Waals surface area contributed by atoms with Crippen LogP contribution in [0.5, 0.6) is 5.75 Å². The summed E-state index contributed by atoms with van der Waals surface area (Å²) < 4.78 is 5.82. The van der Waals surface area contributed by atoms with E-state index in [-0.39, 0.29) is 0 Å². The van der Waals surface area contributed by atoms with Crippen LogP contribution in [0.3, 0.4) is 0 Å². The highest BCUT2D eigenvalue weighted by atomic mass is 16.5. The first-order valence-electron chi connectivity index (χ1n) is 7.89. The molecule has 0 amide bonds. The monoisotopic (exact) mass is 277 g/mol. The fourth-order valence-corrected chi connectivity index (χ4v) is 2.47. The van der Waals surface area contributed by atoms with E-state index in [4.69, 9.17) is 4.74 Å². The van der Waals surface area contributed by atoms with Gasteiger partial charge in [0.25, 0.3) is 0 Å². The maximum absolute atomic E-state index is 5.82. The van der Waals surface area contributed by atoms with Gasteiger partial charge in [-0.3, -0.25) is 0 Å². The third-order valence-electron chi connectivity index (χ3n) is 3.12. The summed E-state index contributed by atoms with van der Waals surface area (Å²) in [6, 6.07) is 8.28. The Morgan fingerprint density at radius 3 is 2.25 bits per heavy atom. The van der Waals surface area contributed by atoms with Gasteiger partial charge in [0.2, 0.25) is 0 Å². The highest BCUT2D eigenvalue weighted by molar-refractivity contribution is 5.27. The van der Waals surface area contributed by atoms with Crippen molar-refractivity contribution in [1.82, 2.24) is 4.90 Å². The summed E-state index contributed by atoms with van der Waals surface area (Å²) >= 11 is 0. The molecule has 1 rings (SSSR count). The Morgan fingerprint density at radius 2 is 1.70 bits per heavy atom. The van der Waals surface area contributed by atoms with Crippen LogP contribution in [-0.4, -0.2) is 31.1 Å². The van der Waals surface area contributed by atoms with Crippen LogP contribution in [0.1, 0.15) is 39.7 Å². The van der Waals surface area contributed by atoms with E-state index in [0.29, 0.717) is 0 Å². The fraction of sp³-hybridized carbons (Fsp3) is 0.667. The summed E-state index contributed by atoms with van der Waals surface area (Å²) in [5.74, 6) is 2.45. The molecule has 0 fully saturated rings. The Hall–Kier alpha value is -1.02. The van der Waals surface area contributed by atoms with E-state index in [9.17, 15) is 0 Å². The van der Waals surface area contributed by atoms with E-state index >= 15 is 0 Å². The van der Waals surface area contributed by atoms with Crippen molar-refractivity contribution in [3.63, 3.8) is 0 Å². The topological polar surface area (TPSA) is 12.5 Å². The SMILES string of the molecule is Cc1cccc(OCCCN(CC(C)C)CC(C)C)c1. The first-order chi connectivity index (χ1) is 9.47. The molecule has 0 radical (unpaired) electrons. The number of ether oxygens (including phenoxy) is 1. The Morgan fingerprint density at radius 1 is 1.05 bits per heavy atom. The normalized spacial score (nSPS) is 11.6. The van der Waals surface area contributed by atoms with Crippen molar-refractivity contribution in [2.75, 3.05) is 26.2 Å². The lowest BCUT2D eigenvalue weighted by molar-refractivity contribution is 0.198. The van der Waals surface area contributed by atoms with Crippen LogP contribution in [0, 0.1) is 18.8 Å².